The lowest BCUT2D eigenvalue weighted by Crippen LogP contribution is -2.29. The highest BCUT2D eigenvalue weighted by Crippen LogP contribution is 2.31. The smallest absolute Gasteiger partial charge is 0.334 e. The van der Waals surface area contributed by atoms with Gasteiger partial charge in [-0.1, -0.05) is 6.08 Å². The topological polar surface area (TPSA) is 77.7 Å². The molecule has 0 amide bonds. The number of hydrogen-bond acceptors (Lipinski definition) is 4. The van der Waals surface area contributed by atoms with E-state index in [-0.39, 0.29) is 5.69 Å². The Kier molecular flexibility index (Phi) is 5.14. The number of hydrogen-bond donors (Lipinski definition) is 1. The van der Waals surface area contributed by atoms with E-state index in [1.165, 1.54) is 6.42 Å². The molecule has 6 rings (SSSR count). The van der Waals surface area contributed by atoms with Crippen molar-refractivity contribution in [2.75, 3.05) is 13.2 Å². The summed E-state index contributed by atoms with van der Waals surface area (Å²) in [5, 5.41) is 1.11. The second-order valence-corrected chi connectivity index (χ2v) is 9.33. The monoisotopic (exact) mass is 443 g/mol. The molecular formula is C26H29N5O2. The molecule has 5 heterocycles. The fourth-order valence-corrected chi connectivity index (χ4v) is 5.36. The van der Waals surface area contributed by atoms with Crippen molar-refractivity contribution in [1.82, 2.24) is 24.1 Å². The first-order valence-corrected chi connectivity index (χ1v) is 12.0. The standard InChI is InChI=1S/C26H29N5O2/c1-17-21-7-10-27-24(21)28-15-22(17)19-13-23-25(29-14-19)31(20-5-3-2-4-6-20)26(32)30(23)16-18-8-11-33-12-9-18/h5,7,10,13-15,18H,2-4,6,8-9,11-12,16H2,1H3,(H,27,28). The highest BCUT2D eigenvalue weighted by Gasteiger charge is 2.23. The minimum atomic E-state index is 0.0326. The fraction of sp³-hybridized carbons (Fsp3) is 0.423. The first kappa shape index (κ1) is 20.4. The van der Waals surface area contributed by atoms with Gasteiger partial charge in [0.25, 0.3) is 0 Å². The largest absolute Gasteiger partial charge is 0.381 e. The zero-order valence-electron chi connectivity index (χ0n) is 19.0. The van der Waals surface area contributed by atoms with E-state index >= 15 is 0 Å². The molecule has 4 aromatic rings. The van der Waals surface area contributed by atoms with Crippen LogP contribution < -0.4 is 5.69 Å². The number of pyridine rings is 2. The number of imidazole rings is 1. The van der Waals surface area contributed by atoms with Gasteiger partial charge in [-0.2, -0.15) is 0 Å². The number of aromatic nitrogens is 5. The fourth-order valence-electron chi connectivity index (χ4n) is 5.36. The maximum Gasteiger partial charge on any atom is 0.334 e. The van der Waals surface area contributed by atoms with Crippen molar-refractivity contribution in [3.05, 3.63) is 52.8 Å². The van der Waals surface area contributed by atoms with Gasteiger partial charge in [-0.25, -0.2) is 19.3 Å². The summed E-state index contributed by atoms with van der Waals surface area (Å²) in [6.07, 6.45) is 14.1. The molecule has 0 unspecified atom stereocenters. The molecule has 7 heteroatoms. The average Bonchev–Trinajstić information content (AvgIpc) is 3.44. The molecule has 2 aliphatic rings. The van der Waals surface area contributed by atoms with Gasteiger partial charge in [-0.15, -0.1) is 0 Å². The molecule has 0 atom stereocenters. The quantitative estimate of drug-likeness (QED) is 0.487. The number of fused-ring (bicyclic) bond motifs is 2. The van der Waals surface area contributed by atoms with Crippen molar-refractivity contribution >= 4 is 27.9 Å². The third-order valence-electron chi connectivity index (χ3n) is 7.27. The van der Waals surface area contributed by atoms with E-state index in [1.54, 1.807) is 0 Å². The van der Waals surface area contributed by atoms with Gasteiger partial charge in [0.1, 0.15) is 5.65 Å². The Morgan fingerprint density at radius 3 is 2.88 bits per heavy atom. The molecule has 33 heavy (non-hydrogen) atoms. The molecule has 1 aliphatic heterocycles. The van der Waals surface area contributed by atoms with E-state index in [4.69, 9.17) is 9.72 Å². The zero-order valence-corrected chi connectivity index (χ0v) is 19.0. The molecular weight excluding hydrogens is 414 g/mol. The van der Waals surface area contributed by atoms with Crippen molar-refractivity contribution in [1.29, 1.82) is 0 Å². The van der Waals surface area contributed by atoms with Crippen LogP contribution in [0.4, 0.5) is 0 Å². The van der Waals surface area contributed by atoms with Gasteiger partial charge in [0.05, 0.1) is 5.52 Å². The Hall–Kier alpha value is -3.19. The number of ether oxygens (including phenoxy) is 1. The molecule has 1 saturated heterocycles. The van der Waals surface area contributed by atoms with Crippen molar-refractivity contribution < 1.29 is 4.74 Å². The summed E-state index contributed by atoms with van der Waals surface area (Å²) in [4.78, 5) is 26.3. The van der Waals surface area contributed by atoms with Gasteiger partial charge in [-0.05, 0) is 69.1 Å². The summed E-state index contributed by atoms with van der Waals surface area (Å²) in [7, 11) is 0. The maximum atomic E-state index is 13.7. The zero-order chi connectivity index (χ0) is 22.4. The van der Waals surface area contributed by atoms with Crippen molar-refractivity contribution in [2.45, 2.75) is 52.0 Å². The SMILES string of the molecule is Cc1c(-c2cnc3c(c2)n(CC2CCOCC2)c(=O)n3C2=CCCCC2)cnc2[nH]ccc12. The molecule has 170 valence electrons. The van der Waals surface area contributed by atoms with Crippen molar-refractivity contribution in [2.24, 2.45) is 5.92 Å². The molecule has 0 aromatic carbocycles. The van der Waals surface area contributed by atoms with Crippen LogP contribution in [0.15, 0.2) is 41.6 Å². The number of nitrogens with zero attached hydrogens (tertiary/aromatic N) is 4. The van der Waals surface area contributed by atoms with Crippen LogP contribution in [0, 0.1) is 12.8 Å². The van der Waals surface area contributed by atoms with E-state index in [0.717, 1.165) is 89.9 Å². The molecule has 0 saturated carbocycles. The second-order valence-electron chi connectivity index (χ2n) is 9.33. The predicted molar refractivity (Wildman–Crippen MR) is 130 cm³/mol. The third-order valence-corrected chi connectivity index (χ3v) is 7.27. The van der Waals surface area contributed by atoms with Crippen LogP contribution >= 0.6 is 0 Å². The maximum absolute atomic E-state index is 13.7. The summed E-state index contributed by atoms with van der Waals surface area (Å²) < 4.78 is 9.36. The van der Waals surface area contributed by atoms with Gasteiger partial charge in [-0.3, -0.25) is 4.57 Å². The highest BCUT2D eigenvalue weighted by atomic mass is 16.5. The minimum absolute atomic E-state index is 0.0326. The van der Waals surface area contributed by atoms with Crippen LogP contribution in [0.2, 0.25) is 0 Å². The lowest BCUT2D eigenvalue weighted by Gasteiger charge is -2.22. The van der Waals surface area contributed by atoms with Crippen LogP contribution in [0.3, 0.4) is 0 Å². The van der Waals surface area contributed by atoms with Gasteiger partial charge in [0.2, 0.25) is 0 Å². The van der Waals surface area contributed by atoms with Gasteiger partial charge < -0.3 is 9.72 Å². The molecule has 7 nitrogen and oxygen atoms in total. The minimum Gasteiger partial charge on any atom is -0.381 e. The number of allylic oxidation sites excluding steroid dienone is 2. The van der Waals surface area contributed by atoms with Gasteiger partial charge in [0.15, 0.2) is 5.65 Å². The summed E-state index contributed by atoms with van der Waals surface area (Å²) in [6.45, 7) is 4.37. The average molecular weight is 444 g/mol. The first-order valence-electron chi connectivity index (χ1n) is 12.0. The molecule has 4 aromatic heterocycles. The first-order chi connectivity index (χ1) is 16.2. The Labute approximate surface area is 192 Å². The van der Waals surface area contributed by atoms with E-state index < -0.39 is 0 Å². The van der Waals surface area contributed by atoms with Crippen LogP contribution in [-0.4, -0.2) is 37.3 Å². The van der Waals surface area contributed by atoms with Crippen LogP contribution in [0.5, 0.6) is 0 Å². The summed E-state index contributed by atoms with van der Waals surface area (Å²) in [5.74, 6) is 0.444. The number of nitrogens with one attached hydrogen (secondary N) is 1. The summed E-state index contributed by atoms with van der Waals surface area (Å²) in [6, 6.07) is 4.19. The number of H-pyrrole nitrogens is 1. The van der Waals surface area contributed by atoms with E-state index in [9.17, 15) is 4.79 Å². The Morgan fingerprint density at radius 1 is 1.18 bits per heavy atom. The molecule has 0 bridgehead atoms. The van der Waals surface area contributed by atoms with E-state index in [1.807, 2.05) is 27.7 Å². The van der Waals surface area contributed by atoms with Gasteiger partial charge in [0, 0.05) is 60.6 Å². The van der Waals surface area contributed by atoms with Crippen LogP contribution in [-0.2, 0) is 11.3 Å². The lowest BCUT2D eigenvalue weighted by molar-refractivity contribution is 0.0613. The van der Waals surface area contributed by atoms with Crippen molar-refractivity contribution in [3.63, 3.8) is 0 Å². The van der Waals surface area contributed by atoms with Crippen LogP contribution in [0.1, 0.15) is 44.1 Å². The summed E-state index contributed by atoms with van der Waals surface area (Å²) in [5.41, 5.74) is 6.88. The second kappa shape index (κ2) is 8.30. The summed E-state index contributed by atoms with van der Waals surface area (Å²) >= 11 is 0. The van der Waals surface area contributed by atoms with Gasteiger partial charge >= 0.3 is 5.69 Å². The predicted octanol–water partition coefficient (Wildman–Crippen LogP) is 4.89. The molecule has 1 aliphatic carbocycles. The third kappa shape index (κ3) is 3.51. The molecule has 1 N–H and O–H groups in total. The van der Waals surface area contributed by atoms with E-state index in [2.05, 4.69) is 35.1 Å². The van der Waals surface area contributed by atoms with E-state index in [0.29, 0.717) is 12.5 Å². The Balaban J connectivity index is 1.52. The number of aryl methyl sites for hydroxylation is 1. The number of aromatic amines is 1. The normalized spacial score (nSPS) is 17.7. The highest BCUT2D eigenvalue weighted by molar-refractivity contribution is 5.88. The Bertz CT molecular complexity index is 1420. The molecule has 0 radical (unpaired) electrons. The molecule has 1 fully saturated rings. The molecule has 0 spiro atoms. The number of rotatable bonds is 4. The van der Waals surface area contributed by atoms with Crippen LogP contribution in [0.25, 0.3) is 39.0 Å². The Morgan fingerprint density at radius 2 is 2.06 bits per heavy atom. The lowest BCUT2D eigenvalue weighted by atomic mass is 10.00. The van der Waals surface area contributed by atoms with Crippen molar-refractivity contribution in [3.8, 4) is 11.1 Å².